The molecular formula is C12H13N3S. The maximum absolute atomic E-state index is 5.91. The van der Waals surface area contributed by atoms with E-state index in [2.05, 4.69) is 34.5 Å². The molecule has 0 bridgehead atoms. The van der Waals surface area contributed by atoms with Gasteiger partial charge in [-0.2, -0.15) is 4.37 Å². The molecule has 0 spiro atoms. The van der Waals surface area contributed by atoms with E-state index in [4.69, 9.17) is 5.73 Å². The molecule has 1 aromatic heterocycles. The van der Waals surface area contributed by atoms with Crippen LogP contribution < -0.4 is 5.73 Å². The molecule has 0 unspecified atom stereocenters. The van der Waals surface area contributed by atoms with Crippen molar-refractivity contribution in [3.05, 3.63) is 23.8 Å². The summed E-state index contributed by atoms with van der Waals surface area (Å²) < 4.78 is 5.53. The number of fused-ring (bicyclic) bond motifs is 1. The van der Waals surface area contributed by atoms with Gasteiger partial charge < -0.3 is 5.73 Å². The molecule has 2 N–H and O–H groups in total. The Morgan fingerprint density at radius 3 is 3.06 bits per heavy atom. The van der Waals surface area contributed by atoms with Crippen LogP contribution in [0, 0.1) is 12.8 Å². The third-order valence-corrected chi connectivity index (χ3v) is 3.65. The second-order valence-electron chi connectivity index (χ2n) is 4.32. The first kappa shape index (κ1) is 9.78. The van der Waals surface area contributed by atoms with E-state index in [1.165, 1.54) is 34.6 Å². The highest BCUT2D eigenvalue weighted by molar-refractivity contribution is 7.13. The molecule has 1 heterocycles. The van der Waals surface area contributed by atoms with Gasteiger partial charge >= 0.3 is 0 Å². The van der Waals surface area contributed by atoms with Gasteiger partial charge in [0.25, 0.3) is 0 Å². The quantitative estimate of drug-likeness (QED) is 0.638. The summed E-state index contributed by atoms with van der Waals surface area (Å²) in [5, 5.41) is 1.12. The smallest absolute Gasteiger partial charge is 0.175 e. The van der Waals surface area contributed by atoms with Crippen LogP contribution in [0.25, 0.3) is 10.1 Å². The molecule has 1 aromatic carbocycles. The number of benzene rings is 1. The zero-order valence-corrected chi connectivity index (χ0v) is 9.92. The lowest BCUT2D eigenvalue weighted by molar-refractivity contribution is 1.15. The minimum atomic E-state index is 0.501. The van der Waals surface area contributed by atoms with Crippen LogP contribution >= 0.6 is 11.5 Å². The average Bonchev–Trinajstić information content (AvgIpc) is 3.04. The number of amidine groups is 1. The third kappa shape index (κ3) is 1.69. The normalized spacial score (nSPS) is 16.9. The Labute approximate surface area is 98.2 Å². The first-order chi connectivity index (χ1) is 7.74. The molecule has 4 heteroatoms. The number of aliphatic imine (C=N–C) groups is 1. The van der Waals surface area contributed by atoms with E-state index in [0.717, 1.165) is 17.0 Å². The second kappa shape index (κ2) is 3.56. The highest BCUT2D eigenvalue weighted by atomic mass is 32.1. The van der Waals surface area contributed by atoms with Gasteiger partial charge in [-0.15, -0.1) is 0 Å². The highest BCUT2D eigenvalue weighted by Gasteiger charge is 2.25. The molecule has 1 fully saturated rings. The SMILES string of the molecule is Cc1ccc2snc(N=C(N)C3CC3)c2c1. The van der Waals surface area contributed by atoms with Gasteiger partial charge in [0.1, 0.15) is 5.84 Å². The Kier molecular flexibility index (Phi) is 2.17. The Bertz CT molecular complexity index is 567. The summed E-state index contributed by atoms with van der Waals surface area (Å²) in [6.45, 7) is 2.08. The number of aryl methyl sites for hydroxylation is 1. The molecule has 0 radical (unpaired) electrons. The van der Waals surface area contributed by atoms with Crippen LogP contribution in [-0.2, 0) is 0 Å². The van der Waals surface area contributed by atoms with Gasteiger partial charge in [0, 0.05) is 11.3 Å². The lowest BCUT2D eigenvalue weighted by Gasteiger charge is -1.96. The van der Waals surface area contributed by atoms with Gasteiger partial charge in [-0.3, -0.25) is 0 Å². The monoisotopic (exact) mass is 231 g/mol. The molecule has 16 heavy (non-hydrogen) atoms. The zero-order valence-electron chi connectivity index (χ0n) is 9.10. The highest BCUT2D eigenvalue weighted by Crippen LogP contribution is 2.33. The third-order valence-electron chi connectivity index (χ3n) is 2.84. The fraction of sp³-hybridized carbons (Fsp3) is 0.333. The minimum Gasteiger partial charge on any atom is -0.387 e. The van der Waals surface area contributed by atoms with Gasteiger partial charge in [0.05, 0.1) is 4.70 Å². The molecule has 1 aliphatic rings. The van der Waals surface area contributed by atoms with Crippen molar-refractivity contribution in [2.75, 3.05) is 0 Å². The average molecular weight is 231 g/mol. The van der Waals surface area contributed by atoms with Crippen LogP contribution in [0.4, 0.5) is 5.82 Å². The number of hydrogen-bond donors (Lipinski definition) is 1. The summed E-state index contributed by atoms with van der Waals surface area (Å²) in [6, 6.07) is 6.31. The zero-order chi connectivity index (χ0) is 11.1. The van der Waals surface area contributed by atoms with E-state index in [-0.39, 0.29) is 0 Å². The Morgan fingerprint density at radius 1 is 1.50 bits per heavy atom. The molecule has 1 aliphatic carbocycles. The molecular weight excluding hydrogens is 218 g/mol. The topological polar surface area (TPSA) is 51.3 Å². The van der Waals surface area contributed by atoms with Crippen LogP contribution in [0.2, 0.25) is 0 Å². The summed E-state index contributed by atoms with van der Waals surface area (Å²) >= 11 is 1.48. The molecule has 0 amide bonds. The molecule has 2 aromatic rings. The van der Waals surface area contributed by atoms with Crippen molar-refractivity contribution >= 4 is 33.3 Å². The van der Waals surface area contributed by atoms with Crippen molar-refractivity contribution in [1.29, 1.82) is 0 Å². The first-order valence-electron chi connectivity index (χ1n) is 5.44. The summed E-state index contributed by atoms with van der Waals surface area (Å²) in [5.74, 6) is 2.03. The van der Waals surface area contributed by atoms with E-state index in [1.54, 1.807) is 0 Å². The van der Waals surface area contributed by atoms with Crippen LogP contribution in [0.3, 0.4) is 0 Å². The molecule has 3 rings (SSSR count). The van der Waals surface area contributed by atoms with E-state index < -0.39 is 0 Å². The second-order valence-corrected chi connectivity index (χ2v) is 5.12. The summed E-state index contributed by atoms with van der Waals surface area (Å²) in [6.07, 6.45) is 2.35. The molecule has 0 atom stereocenters. The van der Waals surface area contributed by atoms with E-state index in [1.807, 2.05) is 0 Å². The summed E-state index contributed by atoms with van der Waals surface area (Å²) in [4.78, 5) is 4.44. The summed E-state index contributed by atoms with van der Waals surface area (Å²) in [7, 11) is 0. The predicted molar refractivity (Wildman–Crippen MR) is 68.4 cm³/mol. The largest absolute Gasteiger partial charge is 0.387 e. The molecule has 82 valence electrons. The minimum absolute atomic E-state index is 0.501. The molecule has 0 aliphatic heterocycles. The van der Waals surface area contributed by atoms with Crippen molar-refractivity contribution in [2.45, 2.75) is 19.8 Å². The Balaban J connectivity index is 2.09. The maximum Gasteiger partial charge on any atom is 0.175 e. The number of nitrogens with two attached hydrogens (primary N) is 1. The van der Waals surface area contributed by atoms with Crippen molar-refractivity contribution in [3.8, 4) is 0 Å². The number of nitrogens with zero attached hydrogens (tertiary/aromatic N) is 2. The van der Waals surface area contributed by atoms with E-state index >= 15 is 0 Å². The molecule has 1 saturated carbocycles. The number of aromatic nitrogens is 1. The van der Waals surface area contributed by atoms with E-state index in [0.29, 0.717) is 5.92 Å². The van der Waals surface area contributed by atoms with Crippen LogP contribution in [0.15, 0.2) is 23.2 Å². The molecule has 0 saturated heterocycles. The summed E-state index contributed by atoms with van der Waals surface area (Å²) in [5.41, 5.74) is 7.14. The standard InChI is InChI=1S/C12H13N3S/c1-7-2-5-10-9(6-7)12(15-16-10)14-11(13)8-3-4-8/h2,5-6,8H,3-4H2,1H3,(H2,13,14,15). The van der Waals surface area contributed by atoms with Crippen molar-refractivity contribution in [1.82, 2.24) is 4.37 Å². The Morgan fingerprint density at radius 2 is 2.31 bits per heavy atom. The molecule has 3 nitrogen and oxygen atoms in total. The lowest BCUT2D eigenvalue weighted by Crippen LogP contribution is -2.13. The van der Waals surface area contributed by atoms with Crippen LogP contribution in [-0.4, -0.2) is 10.2 Å². The van der Waals surface area contributed by atoms with Crippen molar-refractivity contribution < 1.29 is 0 Å². The van der Waals surface area contributed by atoms with Gasteiger partial charge in [0.15, 0.2) is 5.82 Å². The van der Waals surface area contributed by atoms with Gasteiger partial charge in [-0.1, -0.05) is 11.6 Å². The fourth-order valence-corrected chi connectivity index (χ4v) is 2.41. The van der Waals surface area contributed by atoms with Gasteiger partial charge in [-0.25, -0.2) is 4.99 Å². The van der Waals surface area contributed by atoms with Crippen molar-refractivity contribution in [2.24, 2.45) is 16.6 Å². The van der Waals surface area contributed by atoms with Gasteiger partial charge in [0.2, 0.25) is 0 Å². The predicted octanol–water partition coefficient (Wildman–Crippen LogP) is 3.00. The van der Waals surface area contributed by atoms with Gasteiger partial charge in [-0.05, 0) is 43.4 Å². The van der Waals surface area contributed by atoms with Crippen LogP contribution in [0.1, 0.15) is 18.4 Å². The van der Waals surface area contributed by atoms with Crippen molar-refractivity contribution in [3.63, 3.8) is 0 Å². The van der Waals surface area contributed by atoms with E-state index in [9.17, 15) is 0 Å². The number of rotatable bonds is 2. The first-order valence-corrected chi connectivity index (χ1v) is 6.21. The fourth-order valence-electron chi connectivity index (χ4n) is 1.71. The maximum atomic E-state index is 5.91. The lowest BCUT2D eigenvalue weighted by atomic mass is 10.2. The Hall–Kier alpha value is -1.42. The van der Waals surface area contributed by atoms with Crippen LogP contribution in [0.5, 0.6) is 0 Å². The number of hydrogen-bond acceptors (Lipinski definition) is 3.